The molecule has 19 heavy (non-hydrogen) atoms. The van der Waals surface area contributed by atoms with Crippen molar-refractivity contribution in [3.8, 4) is 0 Å². The van der Waals surface area contributed by atoms with Crippen LogP contribution in [0.5, 0.6) is 0 Å². The molecule has 7 nitrogen and oxygen atoms in total. The Bertz CT molecular complexity index is 521. The first kappa shape index (κ1) is 15.4. The second kappa shape index (κ2) is 5.52. The second-order valence-electron chi connectivity index (χ2n) is 3.65. The molecule has 0 saturated heterocycles. The molecule has 0 aliphatic rings. The Hall–Kier alpha value is -1.69. The molecule has 1 aromatic carbocycles. The zero-order valence-corrected chi connectivity index (χ0v) is 10.9. The number of carbonyl (C=O) groups is 2. The van der Waals surface area contributed by atoms with Gasteiger partial charge in [-0.05, 0) is 12.5 Å². The third-order valence-electron chi connectivity index (χ3n) is 2.51. The molecule has 1 unspecified atom stereocenters. The summed E-state index contributed by atoms with van der Waals surface area (Å²) < 4.78 is 16.2. The predicted octanol–water partition coefficient (Wildman–Crippen LogP) is 0.707. The van der Waals surface area contributed by atoms with Crippen LogP contribution in [-0.4, -0.2) is 33.4 Å². The smallest absolute Gasteiger partial charge is 0.358 e. The molecule has 8 heteroatoms. The summed E-state index contributed by atoms with van der Waals surface area (Å²) in [6.45, 7) is 1.22. The van der Waals surface area contributed by atoms with Gasteiger partial charge >= 0.3 is 19.5 Å². The highest BCUT2D eigenvalue weighted by Gasteiger charge is 2.63. The average Bonchev–Trinajstić information content (AvgIpc) is 2.29. The van der Waals surface area contributed by atoms with Gasteiger partial charge in [0.05, 0.1) is 6.61 Å². The molecule has 3 N–H and O–H groups in total. The van der Waals surface area contributed by atoms with E-state index in [9.17, 15) is 29.0 Å². The summed E-state index contributed by atoms with van der Waals surface area (Å²) in [7, 11) is -5.34. The van der Waals surface area contributed by atoms with Crippen LogP contribution in [0, 0.1) is 0 Å². The molecule has 0 spiro atoms. The van der Waals surface area contributed by atoms with Gasteiger partial charge in [-0.15, -0.1) is 0 Å². The SMILES string of the molecule is CCOC(=O)C(C(=O)O)(c1ccccc1)P(=O)(O)O. The lowest BCUT2D eigenvalue weighted by molar-refractivity contribution is -0.157. The summed E-state index contributed by atoms with van der Waals surface area (Å²) in [5.41, 5.74) is -0.325. The van der Waals surface area contributed by atoms with Gasteiger partial charge in [-0.3, -0.25) is 4.57 Å². The number of esters is 1. The van der Waals surface area contributed by atoms with E-state index in [1.165, 1.54) is 25.1 Å². The van der Waals surface area contributed by atoms with Gasteiger partial charge in [-0.1, -0.05) is 30.3 Å². The molecular formula is C11H13O7P. The Kier molecular flexibility index (Phi) is 4.47. The number of ether oxygens (including phenoxy) is 1. The van der Waals surface area contributed by atoms with Gasteiger partial charge in [0.25, 0.3) is 5.16 Å². The Morgan fingerprint density at radius 2 is 1.79 bits per heavy atom. The van der Waals surface area contributed by atoms with Crippen LogP contribution in [0.25, 0.3) is 0 Å². The van der Waals surface area contributed by atoms with E-state index in [0.717, 1.165) is 12.1 Å². The lowest BCUT2D eigenvalue weighted by atomic mass is 9.98. The number of rotatable bonds is 5. The van der Waals surface area contributed by atoms with Crippen molar-refractivity contribution < 1.29 is 33.8 Å². The quantitative estimate of drug-likeness (QED) is 0.414. The number of benzene rings is 1. The molecule has 0 amide bonds. The third kappa shape index (κ3) is 2.53. The summed E-state index contributed by atoms with van der Waals surface area (Å²) in [5.74, 6) is -3.44. The van der Waals surface area contributed by atoms with E-state index in [2.05, 4.69) is 4.74 Å². The van der Waals surface area contributed by atoms with Crippen LogP contribution in [0.15, 0.2) is 30.3 Å². The first-order chi connectivity index (χ1) is 8.78. The predicted molar refractivity (Wildman–Crippen MR) is 64.4 cm³/mol. The lowest BCUT2D eigenvalue weighted by Crippen LogP contribution is -2.44. The van der Waals surface area contributed by atoms with Gasteiger partial charge in [0.15, 0.2) is 0 Å². The maximum absolute atomic E-state index is 11.9. The fourth-order valence-electron chi connectivity index (χ4n) is 1.66. The minimum absolute atomic E-state index is 0.194. The first-order valence-electron chi connectivity index (χ1n) is 5.30. The molecule has 0 aromatic heterocycles. The summed E-state index contributed by atoms with van der Waals surface area (Å²) in [6, 6.07) is 6.60. The van der Waals surface area contributed by atoms with E-state index in [4.69, 9.17) is 0 Å². The monoisotopic (exact) mass is 288 g/mol. The molecule has 1 rings (SSSR count). The Morgan fingerprint density at radius 3 is 2.16 bits per heavy atom. The molecule has 0 aliphatic heterocycles. The molecule has 1 atom stereocenters. The normalized spacial score (nSPS) is 14.5. The molecular weight excluding hydrogens is 275 g/mol. The topological polar surface area (TPSA) is 121 Å². The van der Waals surface area contributed by atoms with Crippen molar-refractivity contribution in [3.05, 3.63) is 35.9 Å². The molecule has 0 bridgehead atoms. The fourth-order valence-corrected chi connectivity index (χ4v) is 2.69. The molecule has 0 saturated carbocycles. The standard InChI is InChI=1S/C11H13O7P/c1-2-18-10(14)11(9(12)13,19(15,16)17)8-6-4-3-5-7-8/h3-7H,2H2,1H3,(H,12,13)(H2,15,16,17). The Balaban J connectivity index is 3.60. The number of aliphatic carboxylic acids is 1. The van der Waals surface area contributed by atoms with Crippen LogP contribution in [0.4, 0.5) is 0 Å². The van der Waals surface area contributed by atoms with Crippen LogP contribution in [0.1, 0.15) is 12.5 Å². The highest BCUT2D eigenvalue weighted by molar-refractivity contribution is 7.55. The summed E-state index contributed by atoms with van der Waals surface area (Å²) in [5, 5.41) is 6.18. The summed E-state index contributed by atoms with van der Waals surface area (Å²) in [6.07, 6.45) is 0. The fraction of sp³-hybridized carbons (Fsp3) is 0.273. The van der Waals surface area contributed by atoms with Crippen molar-refractivity contribution in [1.82, 2.24) is 0 Å². The Labute approximate surface area is 109 Å². The van der Waals surface area contributed by atoms with Crippen LogP contribution >= 0.6 is 7.60 Å². The van der Waals surface area contributed by atoms with Crippen LogP contribution in [0.3, 0.4) is 0 Å². The van der Waals surface area contributed by atoms with E-state index >= 15 is 0 Å². The minimum atomic E-state index is -5.34. The zero-order chi connectivity index (χ0) is 14.7. The number of carboxylic acid groups (broad SMARTS) is 1. The zero-order valence-electron chi connectivity index (χ0n) is 10.0. The van der Waals surface area contributed by atoms with Gasteiger partial charge in [0, 0.05) is 0 Å². The maximum atomic E-state index is 11.9. The molecule has 0 heterocycles. The molecule has 1 aromatic rings. The van der Waals surface area contributed by atoms with E-state index in [-0.39, 0.29) is 12.2 Å². The largest absolute Gasteiger partial charge is 0.480 e. The van der Waals surface area contributed by atoms with E-state index < -0.39 is 24.7 Å². The molecule has 0 radical (unpaired) electrons. The second-order valence-corrected chi connectivity index (χ2v) is 5.40. The van der Waals surface area contributed by atoms with Crippen molar-refractivity contribution in [2.24, 2.45) is 0 Å². The van der Waals surface area contributed by atoms with Crippen molar-refractivity contribution in [2.75, 3.05) is 6.61 Å². The van der Waals surface area contributed by atoms with Gasteiger partial charge in [-0.25, -0.2) is 9.59 Å². The summed E-state index contributed by atoms with van der Waals surface area (Å²) in [4.78, 5) is 42.0. The highest BCUT2D eigenvalue weighted by atomic mass is 31.2. The number of hydrogen-bond acceptors (Lipinski definition) is 4. The van der Waals surface area contributed by atoms with Crippen LogP contribution in [0.2, 0.25) is 0 Å². The number of hydrogen-bond donors (Lipinski definition) is 3. The van der Waals surface area contributed by atoms with Gasteiger partial charge < -0.3 is 19.6 Å². The highest BCUT2D eigenvalue weighted by Crippen LogP contribution is 2.57. The Morgan fingerprint density at radius 1 is 1.26 bits per heavy atom. The van der Waals surface area contributed by atoms with Gasteiger partial charge in [0.1, 0.15) is 0 Å². The molecule has 0 aliphatic carbocycles. The molecule has 0 fully saturated rings. The van der Waals surface area contributed by atoms with E-state index in [1.807, 2.05) is 0 Å². The number of carbonyl (C=O) groups excluding carboxylic acids is 1. The van der Waals surface area contributed by atoms with Crippen molar-refractivity contribution in [2.45, 2.75) is 12.1 Å². The van der Waals surface area contributed by atoms with Crippen molar-refractivity contribution in [3.63, 3.8) is 0 Å². The first-order valence-corrected chi connectivity index (χ1v) is 6.91. The third-order valence-corrected chi connectivity index (χ3v) is 4.01. The summed E-state index contributed by atoms with van der Waals surface area (Å²) >= 11 is 0. The maximum Gasteiger partial charge on any atom is 0.358 e. The van der Waals surface area contributed by atoms with Gasteiger partial charge in [-0.2, -0.15) is 0 Å². The van der Waals surface area contributed by atoms with Crippen LogP contribution < -0.4 is 0 Å². The van der Waals surface area contributed by atoms with E-state index in [1.54, 1.807) is 0 Å². The van der Waals surface area contributed by atoms with Gasteiger partial charge in [0.2, 0.25) is 0 Å². The number of carboxylic acids is 1. The van der Waals surface area contributed by atoms with E-state index in [0.29, 0.717) is 0 Å². The van der Waals surface area contributed by atoms with Crippen molar-refractivity contribution >= 4 is 19.5 Å². The lowest BCUT2D eigenvalue weighted by Gasteiger charge is -2.27. The van der Waals surface area contributed by atoms with Crippen LogP contribution in [-0.2, 0) is 24.0 Å². The van der Waals surface area contributed by atoms with Crippen molar-refractivity contribution in [1.29, 1.82) is 0 Å². The molecule has 104 valence electrons. The minimum Gasteiger partial charge on any atom is -0.480 e. The average molecular weight is 288 g/mol.